The zero-order valence-electron chi connectivity index (χ0n) is 20.7. The maximum Gasteiger partial charge on any atom is 0.264 e. The lowest BCUT2D eigenvalue weighted by molar-refractivity contribution is -0.114. The maximum absolute atomic E-state index is 13.6. The Bertz CT molecular complexity index is 1360. The molecule has 7 nitrogen and oxygen atoms in total. The third-order valence-electron chi connectivity index (χ3n) is 5.90. The fraction of sp³-hybridized carbons (Fsp3) is 0.259. The molecule has 1 atom stereocenters. The highest BCUT2D eigenvalue weighted by molar-refractivity contribution is 7.92. The van der Waals surface area contributed by atoms with Gasteiger partial charge in [0.05, 0.1) is 21.8 Å². The van der Waals surface area contributed by atoms with Crippen molar-refractivity contribution in [1.29, 1.82) is 0 Å². The summed E-state index contributed by atoms with van der Waals surface area (Å²) in [4.78, 5) is 25.9. The second kappa shape index (κ2) is 11.6. The first-order chi connectivity index (χ1) is 17.0. The third-order valence-corrected chi connectivity index (χ3v) is 7.94. The van der Waals surface area contributed by atoms with Crippen LogP contribution in [-0.4, -0.2) is 32.8 Å². The summed E-state index contributed by atoms with van der Waals surface area (Å²) in [5.41, 5.74) is 2.83. The number of nitrogens with zero attached hydrogens (tertiary/aromatic N) is 1. The summed E-state index contributed by atoms with van der Waals surface area (Å²) in [6, 6.07) is 17.5. The summed E-state index contributed by atoms with van der Waals surface area (Å²) in [7, 11) is -4.10. The predicted octanol–water partition coefficient (Wildman–Crippen LogP) is 5.32. The Hall–Kier alpha value is -3.36. The van der Waals surface area contributed by atoms with E-state index in [1.165, 1.54) is 24.3 Å². The first-order valence-electron chi connectivity index (χ1n) is 11.6. The zero-order chi connectivity index (χ0) is 26.5. The first kappa shape index (κ1) is 27.2. The number of benzene rings is 3. The minimum Gasteiger partial charge on any atom is -0.350 e. The minimum atomic E-state index is -4.10. The lowest BCUT2D eigenvalue weighted by Gasteiger charge is -2.25. The van der Waals surface area contributed by atoms with Crippen LogP contribution in [-0.2, 0) is 14.8 Å². The first-order valence-corrected chi connectivity index (χ1v) is 13.4. The van der Waals surface area contributed by atoms with E-state index in [9.17, 15) is 18.0 Å². The molecule has 0 aliphatic carbocycles. The van der Waals surface area contributed by atoms with Gasteiger partial charge in [-0.25, -0.2) is 8.42 Å². The average Bonchev–Trinajstić information content (AvgIpc) is 2.84. The van der Waals surface area contributed by atoms with Gasteiger partial charge in [0.2, 0.25) is 5.91 Å². The van der Waals surface area contributed by atoms with Crippen molar-refractivity contribution in [1.82, 2.24) is 5.32 Å². The average molecular weight is 528 g/mol. The summed E-state index contributed by atoms with van der Waals surface area (Å²) in [6.45, 7) is 7.15. The van der Waals surface area contributed by atoms with E-state index in [1.54, 1.807) is 36.4 Å². The van der Waals surface area contributed by atoms with E-state index >= 15 is 0 Å². The van der Waals surface area contributed by atoms with Crippen molar-refractivity contribution in [2.45, 2.75) is 45.1 Å². The fourth-order valence-electron chi connectivity index (χ4n) is 3.44. The van der Waals surface area contributed by atoms with Gasteiger partial charge in [-0.2, -0.15) is 0 Å². The van der Waals surface area contributed by atoms with Crippen LogP contribution in [0.5, 0.6) is 0 Å². The van der Waals surface area contributed by atoms with Crippen LogP contribution in [0.2, 0.25) is 5.02 Å². The number of hydrogen-bond donors (Lipinski definition) is 2. The fourth-order valence-corrected chi connectivity index (χ4v) is 4.98. The van der Waals surface area contributed by atoms with Crippen LogP contribution in [0.4, 0.5) is 11.4 Å². The van der Waals surface area contributed by atoms with Crippen molar-refractivity contribution < 1.29 is 18.0 Å². The molecular weight excluding hydrogens is 498 g/mol. The Kier molecular flexibility index (Phi) is 8.76. The highest BCUT2D eigenvalue weighted by Gasteiger charge is 2.28. The molecule has 3 rings (SSSR count). The molecule has 3 aromatic carbocycles. The summed E-state index contributed by atoms with van der Waals surface area (Å²) < 4.78 is 28.2. The van der Waals surface area contributed by atoms with Gasteiger partial charge >= 0.3 is 0 Å². The van der Waals surface area contributed by atoms with Crippen molar-refractivity contribution in [2.75, 3.05) is 16.2 Å². The standard InChI is InChI=1S/C27H30ClN3O4S/c1-5-20(4)29-27(33)24-8-6-7-9-25(24)30-26(32)17-31(22-13-10-18(2)19(3)16-22)36(34,35)23-14-11-21(28)12-15-23/h6-16,20H,5,17H2,1-4H3,(H,29,33)(H,30,32)/t20-/m0/s1. The molecule has 3 aromatic rings. The Labute approximate surface area is 217 Å². The molecule has 0 spiro atoms. The monoisotopic (exact) mass is 527 g/mol. The second-order valence-corrected chi connectivity index (χ2v) is 10.9. The lowest BCUT2D eigenvalue weighted by Crippen LogP contribution is -2.38. The Morgan fingerprint density at radius 2 is 1.64 bits per heavy atom. The van der Waals surface area contributed by atoms with E-state index in [0.717, 1.165) is 21.9 Å². The lowest BCUT2D eigenvalue weighted by atomic mass is 10.1. The molecular formula is C27H30ClN3O4S. The molecule has 0 unspecified atom stereocenters. The quantitative estimate of drug-likeness (QED) is 0.393. The predicted molar refractivity (Wildman–Crippen MR) is 144 cm³/mol. The van der Waals surface area contributed by atoms with Gasteiger partial charge < -0.3 is 10.6 Å². The molecule has 0 radical (unpaired) electrons. The number of amides is 2. The van der Waals surface area contributed by atoms with Gasteiger partial charge in [-0.05, 0) is 86.8 Å². The van der Waals surface area contributed by atoms with Gasteiger partial charge in [0.15, 0.2) is 0 Å². The number of rotatable bonds is 9. The second-order valence-electron chi connectivity index (χ2n) is 8.61. The van der Waals surface area contributed by atoms with E-state index in [0.29, 0.717) is 22.0 Å². The molecule has 2 amide bonds. The molecule has 0 aromatic heterocycles. The van der Waals surface area contributed by atoms with Gasteiger partial charge in [-0.15, -0.1) is 0 Å². The highest BCUT2D eigenvalue weighted by atomic mass is 35.5. The number of nitrogens with one attached hydrogen (secondary N) is 2. The summed E-state index contributed by atoms with van der Waals surface area (Å²) in [6.07, 6.45) is 0.758. The number of halogens is 1. The Morgan fingerprint density at radius 3 is 2.28 bits per heavy atom. The van der Waals surface area contributed by atoms with Crippen LogP contribution in [0.3, 0.4) is 0 Å². The molecule has 0 saturated carbocycles. The van der Waals surface area contributed by atoms with Crippen LogP contribution in [0.1, 0.15) is 41.8 Å². The summed E-state index contributed by atoms with van der Waals surface area (Å²) >= 11 is 5.95. The number of aryl methyl sites for hydroxylation is 2. The van der Waals surface area contributed by atoms with E-state index in [4.69, 9.17) is 11.6 Å². The number of carbonyl (C=O) groups excluding carboxylic acids is 2. The molecule has 0 fully saturated rings. The van der Waals surface area contributed by atoms with Crippen LogP contribution < -0.4 is 14.9 Å². The van der Waals surface area contributed by atoms with Crippen molar-refractivity contribution in [3.63, 3.8) is 0 Å². The van der Waals surface area contributed by atoms with E-state index in [2.05, 4.69) is 10.6 Å². The van der Waals surface area contributed by atoms with E-state index < -0.39 is 22.5 Å². The largest absolute Gasteiger partial charge is 0.350 e. The molecule has 0 aliphatic heterocycles. The van der Waals surface area contributed by atoms with Gasteiger partial charge in [0.1, 0.15) is 6.54 Å². The third kappa shape index (κ3) is 6.44. The van der Waals surface area contributed by atoms with Gasteiger partial charge in [0.25, 0.3) is 15.9 Å². The van der Waals surface area contributed by atoms with E-state index in [-0.39, 0.29) is 16.8 Å². The number of carbonyl (C=O) groups is 2. The van der Waals surface area contributed by atoms with Crippen molar-refractivity contribution in [2.24, 2.45) is 0 Å². The minimum absolute atomic E-state index is 0.00580. The number of para-hydroxylation sites is 1. The van der Waals surface area contributed by atoms with Gasteiger partial charge in [-0.1, -0.05) is 36.7 Å². The van der Waals surface area contributed by atoms with E-state index in [1.807, 2.05) is 33.8 Å². The molecule has 190 valence electrons. The summed E-state index contributed by atoms with van der Waals surface area (Å²) in [5, 5.41) is 5.99. The van der Waals surface area contributed by atoms with Gasteiger partial charge in [0, 0.05) is 11.1 Å². The smallest absolute Gasteiger partial charge is 0.264 e. The number of anilines is 2. The molecule has 0 aliphatic rings. The summed E-state index contributed by atoms with van der Waals surface area (Å²) in [5.74, 6) is -0.908. The zero-order valence-corrected chi connectivity index (χ0v) is 22.3. The molecule has 9 heteroatoms. The molecule has 36 heavy (non-hydrogen) atoms. The van der Waals surface area contributed by atoms with Crippen molar-refractivity contribution >= 4 is 44.8 Å². The van der Waals surface area contributed by atoms with Crippen LogP contribution in [0.15, 0.2) is 71.6 Å². The SMILES string of the molecule is CC[C@H](C)NC(=O)c1ccccc1NC(=O)CN(c1ccc(C)c(C)c1)S(=O)(=O)c1ccc(Cl)cc1. The number of hydrogen-bond acceptors (Lipinski definition) is 4. The molecule has 0 heterocycles. The molecule has 0 bridgehead atoms. The van der Waals surface area contributed by atoms with Crippen molar-refractivity contribution in [3.8, 4) is 0 Å². The maximum atomic E-state index is 13.6. The van der Waals surface area contributed by atoms with Crippen LogP contribution in [0, 0.1) is 13.8 Å². The highest BCUT2D eigenvalue weighted by Crippen LogP contribution is 2.27. The van der Waals surface area contributed by atoms with Gasteiger partial charge in [-0.3, -0.25) is 13.9 Å². The van der Waals surface area contributed by atoms with Crippen LogP contribution in [0.25, 0.3) is 0 Å². The topological polar surface area (TPSA) is 95.6 Å². The van der Waals surface area contributed by atoms with Crippen molar-refractivity contribution in [3.05, 3.63) is 88.4 Å². The molecule has 2 N–H and O–H groups in total. The Balaban J connectivity index is 1.94. The molecule has 0 saturated heterocycles. The van der Waals surface area contributed by atoms with Crippen LogP contribution >= 0.6 is 11.6 Å². The normalized spacial score (nSPS) is 12.0. The number of sulfonamides is 1. The Morgan fingerprint density at radius 1 is 0.972 bits per heavy atom.